The highest BCUT2D eigenvalue weighted by molar-refractivity contribution is 5.79. The summed E-state index contributed by atoms with van der Waals surface area (Å²) < 4.78 is 13.2. The fourth-order valence-corrected chi connectivity index (χ4v) is 3.67. The van der Waals surface area contributed by atoms with E-state index in [1.165, 1.54) is 6.21 Å². The summed E-state index contributed by atoms with van der Waals surface area (Å²) in [5, 5.41) is 20.3. The molecule has 2 N–H and O–H groups in total. The topological polar surface area (TPSA) is 93.8 Å². The van der Waals surface area contributed by atoms with Crippen molar-refractivity contribution in [2.24, 2.45) is 5.16 Å². The highest BCUT2D eigenvalue weighted by Gasteiger charge is 2.20. The molecule has 0 aliphatic carbocycles. The Kier molecular flexibility index (Phi) is 7.01. The molecule has 0 saturated carbocycles. The normalized spacial score (nSPS) is 11.5. The molecule has 35 heavy (non-hydrogen) atoms. The summed E-state index contributed by atoms with van der Waals surface area (Å²) >= 11 is 0. The van der Waals surface area contributed by atoms with Crippen LogP contribution >= 0.6 is 0 Å². The summed E-state index contributed by atoms with van der Waals surface area (Å²) in [5.41, 5.74) is 3.32. The van der Waals surface area contributed by atoms with Gasteiger partial charge in [0, 0.05) is 17.8 Å². The highest BCUT2D eigenvalue weighted by atomic mass is 16.5. The van der Waals surface area contributed by atoms with Gasteiger partial charge in [0.15, 0.2) is 5.82 Å². The van der Waals surface area contributed by atoms with E-state index in [1.54, 1.807) is 24.1 Å². The number of hydrogen-bond donors (Lipinski definition) is 2. The molecule has 0 radical (unpaired) electrons. The summed E-state index contributed by atoms with van der Waals surface area (Å²) in [7, 11) is 1.63. The Morgan fingerprint density at radius 3 is 2.54 bits per heavy atom. The van der Waals surface area contributed by atoms with E-state index < -0.39 is 0 Å². The van der Waals surface area contributed by atoms with Crippen LogP contribution in [0.5, 0.6) is 17.4 Å². The van der Waals surface area contributed by atoms with E-state index in [0.29, 0.717) is 29.6 Å². The number of methoxy groups -OCH3 is 1. The van der Waals surface area contributed by atoms with E-state index in [4.69, 9.17) is 14.7 Å². The van der Waals surface area contributed by atoms with Gasteiger partial charge >= 0.3 is 0 Å². The third kappa shape index (κ3) is 5.78. The molecule has 180 valence electrons. The average molecular weight is 472 g/mol. The first-order chi connectivity index (χ1) is 16.9. The fraction of sp³-hybridized carbons (Fsp3) is 0.222. The second-order valence-corrected chi connectivity index (χ2v) is 9.03. The second-order valence-electron chi connectivity index (χ2n) is 9.03. The number of hydrogen-bond acceptors (Lipinski definition) is 7. The molecule has 0 spiro atoms. The largest absolute Gasteiger partial charge is 0.497 e. The van der Waals surface area contributed by atoms with Crippen molar-refractivity contribution >= 4 is 17.7 Å². The first-order valence-corrected chi connectivity index (χ1v) is 11.2. The van der Waals surface area contributed by atoms with Crippen LogP contribution in [0.4, 0.5) is 11.5 Å². The molecule has 2 aromatic carbocycles. The SMILES string of the molecule is COc1ccc(Cn2nc(Nc3cccnc3Oc3ccccc3C(C)(C)C)cc2/C=N\O)cc1. The smallest absolute Gasteiger partial charge is 0.243 e. The van der Waals surface area contributed by atoms with E-state index in [9.17, 15) is 0 Å². The van der Waals surface area contributed by atoms with Crippen molar-refractivity contribution in [1.29, 1.82) is 0 Å². The van der Waals surface area contributed by atoms with E-state index >= 15 is 0 Å². The van der Waals surface area contributed by atoms with E-state index in [-0.39, 0.29) is 5.41 Å². The van der Waals surface area contributed by atoms with E-state index in [1.807, 2.05) is 54.6 Å². The van der Waals surface area contributed by atoms with Gasteiger partial charge in [-0.15, -0.1) is 0 Å². The zero-order valence-corrected chi connectivity index (χ0v) is 20.3. The predicted octanol–water partition coefficient (Wildman–Crippen LogP) is 5.98. The Bertz CT molecular complexity index is 1310. The van der Waals surface area contributed by atoms with Gasteiger partial charge in [0.05, 0.1) is 25.6 Å². The van der Waals surface area contributed by atoms with Gasteiger partial charge in [-0.25, -0.2) is 4.98 Å². The monoisotopic (exact) mass is 471 g/mol. The fourth-order valence-electron chi connectivity index (χ4n) is 3.67. The number of oxime groups is 1. The maximum atomic E-state index is 9.14. The van der Waals surface area contributed by atoms with Crippen LogP contribution in [-0.2, 0) is 12.0 Å². The van der Waals surface area contributed by atoms with Crippen LogP contribution in [-0.4, -0.2) is 33.3 Å². The number of pyridine rings is 1. The Morgan fingerprint density at radius 1 is 1.06 bits per heavy atom. The molecule has 0 saturated heterocycles. The van der Waals surface area contributed by atoms with Gasteiger partial charge in [-0.1, -0.05) is 56.3 Å². The molecule has 4 rings (SSSR count). The summed E-state index contributed by atoms with van der Waals surface area (Å²) in [6.45, 7) is 6.92. The predicted molar refractivity (Wildman–Crippen MR) is 136 cm³/mol. The first kappa shape index (κ1) is 23.8. The van der Waals surface area contributed by atoms with Gasteiger partial charge in [-0.2, -0.15) is 5.10 Å². The standard InChI is InChI=1S/C27H29N5O3/c1-27(2,3)22-8-5-6-10-24(22)35-26-23(9-7-15-28-26)30-25-16-20(17-29-33)32(31-25)18-19-11-13-21(34-4)14-12-19/h5-17,33H,18H2,1-4H3,(H,30,31)/b29-17-. The zero-order valence-electron chi connectivity index (χ0n) is 20.3. The first-order valence-electron chi connectivity index (χ1n) is 11.2. The van der Waals surface area contributed by atoms with Gasteiger partial charge < -0.3 is 20.0 Å². The van der Waals surface area contributed by atoms with Gasteiger partial charge in [0.1, 0.15) is 17.2 Å². The van der Waals surface area contributed by atoms with Crippen LogP contribution in [0.15, 0.2) is 78.1 Å². The van der Waals surface area contributed by atoms with Crippen LogP contribution in [0.1, 0.15) is 37.6 Å². The quantitative estimate of drug-likeness (QED) is 0.187. The van der Waals surface area contributed by atoms with Gasteiger partial charge in [-0.05, 0) is 41.3 Å². The molecule has 0 unspecified atom stereocenters. The van der Waals surface area contributed by atoms with Crippen molar-refractivity contribution in [1.82, 2.24) is 14.8 Å². The Labute approximate surface area is 204 Å². The average Bonchev–Trinajstić information content (AvgIpc) is 3.21. The Balaban J connectivity index is 1.60. The minimum absolute atomic E-state index is 0.0856. The summed E-state index contributed by atoms with van der Waals surface area (Å²) in [5.74, 6) is 2.53. The summed E-state index contributed by atoms with van der Waals surface area (Å²) in [6.07, 6.45) is 3.04. The van der Waals surface area contributed by atoms with Gasteiger partial charge in [0.2, 0.25) is 5.88 Å². The second kappa shape index (κ2) is 10.3. The molecule has 0 aliphatic heterocycles. The number of para-hydroxylation sites is 1. The van der Waals surface area contributed by atoms with Crippen molar-refractivity contribution in [3.63, 3.8) is 0 Å². The molecule has 4 aromatic rings. The summed E-state index contributed by atoms with van der Waals surface area (Å²) in [4.78, 5) is 4.45. The Hall–Kier alpha value is -4.33. The lowest BCUT2D eigenvalue weighted by atomic mass is 9.86. The molecule has 0 atom stereocenters. The van der Waals surface area contributed by atoms with Crippen LogP contribution < -0.4 is 14.8 Å². The third-order valence-corrected chi connectivity index (χ3v) is 5.43. The van der Waals surface area contributed by atoms with E-state index in [0.717, 1.165) is 22.6 Å². The van der Waals surface area contributed by atoms with Crippen LogP contribution in [0, 0.1) is 0 Å². The van der Waals surface area contributed by atoms with Gasteiger partial charge in [-0.3, -0.25) is 4.68 Å². The number of benzene rings is 2. The lowest BCUT2D eigenvalue weighted by Gasteiger charge is -2.22. The van der Waals surface area contributed by atoms with Crippen molar-refractivity contribution in [3.8, 4) is 17.4 Å². The minimum Gasteiger partial charge on any atom is -0.497 e. The number of aromatic nitrogens is 3. The lowest BCUT2D eigenvalue weighted by molar-refractivity contribution is 0.321. The number of ether oxygens (including phenoxy) is 2. The molecule has 2 heterocycles. The molecule has 0 amide bonds. The third-order valence-electron chi connectivity index (χ3n) is 5.43. The van der Waals surface area contributed by atoms with Crippen LogP contribution in [0.2, 0.25) is 0 Å². The molecular weight excluding hydrogens is 442 g/mol. The van der Waals surface area contributed by atoms with Crippen LogP contribution in [0.25, 0.3) is 0 Å². The number of anilines is 2. The van der Waals surface area contributed by atoms with Crippen molar-refractivity contribution in [2.45, 2.75) is 32.7 Å². The molecule has 8 nitrogen and oxygen atoms in total. The van der Waals surface area contributed by atoms with Crippen molar-refractivity contribution in [2.75, 3.05) is 12.4 Å². The minimum atomic E-state index is -0.0856. The molecule has 0 fully saturated rings. The molecular formula is C27H29N5O3. The zero-order chi connectivity index (χ0) is 24.8. The van der Waals surface area contributed by atoms with E-state index in [2.05, 4.69) is 47.4 Å². The Morgan fingerprint density at radius 2 is 1.83 bits per heavy atom. The molecule has 2 aromatic heterocycles. The van der Waals surface area contributed by atoms with Gasteiger partial charge in [0.25, 0.3) is 0 Å². The lowest BCUT2D eigenvalue weighted by Crippen LogP contribution is -2.12. The molecule has 0 aliphatic rings. The molecule has 8 heteroatoms. The summed E-state index contributed by atoms with van der Waals surface area (Å²) in [6, 6.07) is 21.2. The van der Waals surface area contributed by atoms with Crippen molar-refractivity contribution < 1.29 is 14.7 Å². The maximum absolute atomic E-state index is 9.14. The van der Waals surface area contributed by atoms with Crippen LogP contribution in [0.3, 0.4) is 0 Å². The van der Waals surface area contributed by atoms with Crippen molar-refractivity contribution in [3.05, 3.63) is 89.7 Å². The number of nitrogens with one attached hydrogen (secondary N) is 1. The molecule has 0 bridgehead atoms. The number of nitrogens with zero attached hydrogens (tertiary/aromatic N) is 4. The number of rotatable bonds is 8. The maximum Gasteiger partial charge on any atom is 0.243 e. The highest BCUT2D eigenvalue weighted by Crippen LogP contribution is 2.36.